The van der Waals surface area contributed by atoms with E-state index in [9.17, 15) is 5.11 Å². The van der Waals surface area contributed by atoms with E-state index in [4.69, 9.17) is 0 Å². The number of piperidine rings is 1. The molecule has 1 aliphatic rings. The largest absolute Gasteiger partial charge is 0.376 e. The monoisotopic (exact) mass is 185 g/mol. The van der Waals surface area contributed by atoms with Gasteiger partial charge in [-0.2, -0.15) is 0 Å². The van der Waals surface area contributed by atoms with Crippen molar-refractivity contribution in [3.8, 4) is 0 Å². The molecule has 13 heavy (non-hydrogen) atoms. The fourth-order valence-electron chi connectivity index (χ4n) is 2.15. The van der Waals surface area contributed by atoms with Gasteiger partial charge >= 0.3 is 0 Å². The SMILES string of the molecule is CCCCN1CCCCC1(O)CC. The van der Waals surface area contributed by atoms with E-state index >= 15 is 0 Å². The van der Waals surface area contributed by atoms with E-state index in [1.807, 2.05) is 0 Å². The summed E-state index contributed by atoms with van der Waals surface area (Å²) in [6, 6.07) is 0. The fraction of sp³-hybridized carbons (Fsp3) is 1.00. The van der Waals surface area contributed by atoms with E-state index in [-0.39, 0.29) is 0 Å². The standard InChI is InChI=1S/C11H23NO/c1-3-5-9-12-10-7-6-8-11(12,13)4-2/h13H,3-10H2,1-2H3. The van der Waals surface area contributed by atoms with Gasteiger partial charge in [0, 0.05) is 13.1 Å². The second-order valence-corrected chi connectivity index (χ2v) is 4.13. The third-order valence-corrected chi connectivity index (χ3v) is 3.19. The van der Waals surface area contributed by atoms with Gasteiger partial charge in [-0.15, -0.1) is 0 Å². The summed E-state index contributed by atoms with van der Waals surface area (Å²) in [6.07, 6.45) is 6.71. The Kier molecular flexibility index (Phi) is 4.20. The fourth-order valence-corrected chi connectivity index (χ4v) is 2.15. The molecule has 0 aromatic rings. The first-order valence-corrected chi connectivity index (χ1v) is 5.70. The van der Waals surface area contributed by atoms with Gasteiger partial charge in [-0.25, -0.2) is 0 Å². The Morgan fingerprint density at radius 1 is 1.31 bits per heavy atom. The van der Waals surface area contributed by atoms with Crippen LogP contribution in [0.5, 0.6) is 0 Å². The summed E-state index contributed by atoms with van der Waals surface area (Å²) in [5, 5.41) is 10.3. The summed E-state index contributed by atoms with van der Waals surface area (Å²) in [6.45, 7) is 6.45. The molecular formula is C11H23NO. The van der Waals surface area contributed by atoms with Gasteiger partial charge < -0.3 is 5.11 Å². The summed E-state index contributed by atoms with van der Waals surface area (Å²) in [7, 11) is 0. The molecule has 2 nitrogen and oxygen atoms in total. The van der Waals surface area contributed by atoms with Crippen molar-refractivity contribution in [1.82, 2.24) is 4.90 Å². The van der Waals surface area contributed by atoms with Crippen LogP contribution in [0.4, 0.5) is 0 Å². The molecule has 1 unspecified atom stereocenters. The van der Waals surface area contributed by atoms with E-state index in [2.05, 4.69) is 18.7 Å². The maximum atomic E-state index is 10.3. The van der Waals surface area contributed by atoms with Crippen molar-refractivity contribution >= 4 is 0 Å². The Labute approximate surface area is 81.9 Å². The number of hydrogen-bond acceptors (Lipinski definition) is 2. The average molecular weight is 185 g/mol. The highest BCUT2D eigenvalue weighted by Gasteiger charge is 2.33. The van der Waals surface area contributed by atoms with Gasteiger partial charge in [0.1, 0.15) is 5.72 Å². The number of nitrogens with zero attached hydrogens (tertiary/aromatic N) is 1. The van der Waals surface area contributed by atoms with Gasteiger partial charge in [0.25, 0.3) is 0 Å². The van der Waals surface area contributed by atoms with Gasteiger partial charge in [-0.1, -0.05) is 20.3 Å². The van der Waals surface area contributed by atoms with Crippen molar-refractivity contribution in [3.05, 3.63) is 0 Å². The van der Waals surface area contributed by atoms with Crippen LogP contribution in [0.15, 0.2) is 0 Å². The second kappa shape index (κ2) is 4.97. The smallest absolute Gasteiger partial charge is 0.118 e. The molecule has 0 aliphatic carbocycles. The van der Waals surface area contributed by atoms with E-state index in [0.717, 1.165) is 25.9 Å². The molecule has 1 heterocycles. The quantitative estimate of drug-likeness (QED) is 0.727. The molecule has 0 aromatic carbocycles. The van der Waals surface area contributed by atoms with Crippen molar-refractivity contribution in [2.45, 2.75) is 58.1 Å². The van der Waals surface area contributed by atoms with Crippen molar-refractivity contribution in [2.75, 3.05) is 13.1 Å². The molecule has 0 radical (unpaired) electrons. The molecule has 0 amide bonds. The lowest BCUT2D eigenvalue weighted by molar-refractivity contribution is -0.134. The Balaban J connectivity index is 2.46. The van der Waals surface area contributed by atoms with Crippen LogP contribution in [0, 0.1) is 0 Å². The minimum Gasteiger partial charge on any atom is -0.376 e. The topological polar surface area (TPSA) is 23.5 Å². The third kappa shape index (κ3) is 2.68. The molecular weight excluding hydrogens is 162 g/mol. The van der Waals surface area contributed by atoms with E-state index in [0.29, 0.717) is 0 Å². The lowest BCUT2D eigenvalue weighted by Gasteiger charge is -2.43. The number of likely N-dealkylation sites (tertiary alicyclic amines) is 1. The Hall–Kier alpha value is -0.0800. The number of unbranched alkanes of at least 4 members (excludes halogenated alkanes) is 1. The van der Waals surface area contributed by atoms with Gasteiger partial charge in [0.15, 0.2) is 0 Å². The van der Waals surface area contributed by atoms with Crippen LogP contribution in [0.1, 0.15) is 52.4 Å². The highest BCUT2D eigenvalue weighted by molar-refractivity contribution is 4.82. The number of rotatable bonds is 4. The van der Waals surface area contributed by atoms with Crippen LogP contribution >= 0.6 is 0 Å². The van der Waals surface area contributed by atoms with E-state index < -0.39 is 5.72 Å². The van der Waals surface area contributed by atoms with Gasteiger partial charge in [0.05, 0.1) is 0 Å². The van der Waals surface area contributed by atoms with Crippen LogP contribution in [0.25, 0.3) is 0 Å². The minimum absolute atomic E-state index is 0.479. The summed E-state index contributed by atoms with van der Waals surface area (Å²) >= 11 is 0. The molecule has 1 N–H and O–H groups in total. The minimum atomic E-state index is -0.479. The summed E-state index contributed by atoms with van der Waals surface area (Å²) in [5.74, 6) is 0. The van der Waals surface area contributed by atoms with Crippen molar-refractivity contribution in [2.24, 2.45) is 0 Å². The molecule has 0 saturated carbocycles. The lowest BCUT2D eigenvalue weighted by atomic mass is 9.95. The highest BCUT2D eigenvalue weighted by Crippen LogP contribution is 2.28. The van der Waals surface area contributed by atoms with Crippen LogP contribution in [-0.4, -0.2) is 28.8 Å². The summed E-state index contributed by atoms with van der Waals surface area (Å²) < 4.78 is 0. The molecule has 1 aliphatic heterocycles. The van der Waals surface area contributed by atoms with Crippen molar-refractivity contribution in [1.29, 1.82) is 0 Å². The van der Waals surface area contributed by atoms with Gasteiger partial charge in [-0.05, 0) is 32.1 Å². The first-order chi connectivity index (χ1) is 6.23. The van der Waals surface area contributed by atoms with Crippen LogP contribution in [0.2, 0.25) is 0 Å². The molecule has 1 atom stereocenters. The predicted octanol–water partition coefficient (Wildman–Crippen LogP) is 2.37. The molecule has 0 spiro atoms. The van der Waals surface area contributed by atoms with Gasteiger partial charge in [-0.3, -0.25) is 4.90 Å². The molecule has 2 heteroatoms. The lowest BCUT2D eigenvalue weighted by Crippen LogP contribution is -2.51. The summed E-state index contributed by atoms with van der Waals surface area (Å²) in [4.78, 5) is 2.28. The normalized spacial score (nSPS) is 30.7. The Bertz CT molecular complexity index is 149. The molecule has 0 bridgehead atoms. The molecule has 1 saturated heterocycles. The van der Waals surface area contributed by atoms with Crippen molar-refractivity contribution in [3.63, 3.8) is 0 Å². The number of hydrogen-bond donors (Lipinski definition) is 1. The zero-order valence-electron chi connectivity index (χ0n) is 9.05. The van der Waals surface area contributed by atoms with E-state index in [1.54, 1.807) is 0 Å². The van der Waals surface area contributed by atoms with Crippen LogP contribution in [0.3, 0.4) is 0 Å². The summed E-state index contributed by atoms with van der Waals surface area (Å²) in [5.41, 5.74) is -0.479. The third-order valence-electron chi connectivity index (χ3n) is 3.19. The Morgan fingerprint density at radius 2 is 2.08 bits per heavy atom. The van der Waals surface area contributed by atoms with E-state index in [1.165, 1.54) is 25.7 Å². The first-order valence-electron chi connectivity index (χ1n) is 5.70. The highest BCUT2D eigenvalue weighted by atomic mass is 16.3. The predicted molar refractivity (Wildman–Crippen MR) is 55.6 cm³/mol. The average Bonchev–Trinajstić information content (AvgIpc) is 2.17. The molecule has 1 fully saturated rings. The van der Waals surface area contributed by atoms with Gasteiger partial charge in [0.2, 0.25) is 0 Å². The zero-order valence-corrected chi connectivity index (χ0v) is 9.05. The maximum Gasteiger partial charge on any atom is 0.118 e. The number of aliphatic hydroxyl groups is 1. The second-order valence-electron chi connectivity index (χ2n) is 4.13. The van der Waals surface area contributed by atoms with Crippen molar-refractivity contribution < 1.29 is 5.11 Å². The molecule has 1 rings (SSSR count). The molecule has 0 aromatic heterocycles. The van der Waals surface area contributed by atoms with Crippen LogP contribution < -0.4 is 0 Å². The van der Waals surface area contributed by atoms with Crippen LogP contribution in [-0.2, 0) is 0 Å². The zero-order chi connectivity index (χ0) is 9.73. The first kappa shape index (κ1) is 11.0. The maximum absolute atomic E-state index is 10.3. The molecule has 78 valence electrons. The Morgan fingerprint density at radius 3 is 2.69 bits per heavy atom.